The minimum Gasteiger partial charge on any atom is -0.347 e. The Bertz CT molecular complexity index is 933. The van der Waals surface area contributed by atoms with Crippen molar-refractivity contribution in [2.45, 2.75) is 49.4 Å². The molecule has 184 valence electrons. The van der Waals surface area contributed by atoms with E-state index in [-0.39, 0.29) is 25.0 Å². The molecule has 0 amide bonds. The smallest absolute Gasteiger partial charge is 0.295 e. The van der Waals surface area contributed by atoms with Crippen molar-refractivity contribution in [3.63, 3.8) is 0 Å². The molecule has 0 aliphatic carbocycles. The first-order valence-electron chi connectivity index (χ1n) is 12.9. The third kappa shape index (κ3) is 4.93. The summed E-state index contributed by atoms with van der Waals surface area (Å²) in [5.41, 5.74) is 2.02. The topological polar surface area (TPSA) is 6.48 Å². The zero-order valence-electron chi connectivity index (χ0n) is 21.8. The van der Waals surface area contributed by atoms with Gasteiger partial charge in [-0.25, -0.2) is 0 Å². The molecular formula is C32H40B2N2. The van der Waals surface area contributed by atoms with Crippen LogP contribution in [0.1, 0.15) is 36.8 Å². The van der Waals surface area contributed by atoms with E-state index in [0.29, 0.717) is 0 Å². The summed E-state index contributed by atoms with van der Waals surface area (Å²) in [6, 6.07) is 21.6. The largest absolute Gasteiger partial charge is 0.347 e. The average molecular weight is 474 g/mol. The van der Waals surface area contributed by atoms with E-state index in [9.17, 15) is 0 Å². The van der Waals surface area contributed by atoms with E-state index in [2.05, 4.69) is 110 Å². The fourth-order valence-electron chi connectivity index (χ4n) is 6.30. The molecule has 2 nitrogen and oxygen atoms in total. The van der Waals surface area contributed by atoms with Gasteiger partial charge in [0.05, 0.1) is 0 Å². The second kappa shape index (κ2) is 12.8. The molecule has 0 radical (unpaired) electrons. The summed E-state index contributed by atoms with van der Waals surface area (Å²) in [6.07, 6.45) is 17.2. The molecule has 0 N–H and O–H groups in total. The van der Waals surface area contributed by atoms with E-state index in [1.165, 1.54) is 11.1 Å². The molecule has 2 aromatic carbocycles. The third-order valence-corrected chi connectivity index (χ3v) is 7.58. The zero-order valence-corrected chi connectivity index (χ0v) is 21.8. The summed E-state index contributed by atoms with van der Waals surface area (Å²) in [5.74, 6) is 0. The fraction of sp³-hybridized carbons (Fsp3) is 0.250. The van der Waals surface area contributed by atoms with Gasteiger partial charge in [0.2, 0.25) is 0 Å². The molecule has 1 heterocycles. The minimum atomic E-state index is -0.270. The monoisotopic (exact) mass is 474 g/mol. The predicted molar refractivity (Wildman–Crippen MR) is 161 cm³/mol. The fourth-order valence-corrected chi connectivity index (χ4v) is 6.30. The SMILES string of the molecule is C=CCB1N(C(CC=C)(CC=C)c2ccccc2)B(CC=C)N1C(CC=C)(CC=C)c1ccccc1. The van der Waals surface area contributed by atoms with E-state index in [1.54, 1.807) is 0 Å². The summed E-state index contributed by atoms with van der Waals surface area (Å²) in [5, 5.41) is 0. The Hall–Kier alpha value is -3.07. The highest BCUT2D eigenvalue weighted by molar-refractivity contribution is 6.86. The normalized spacial score (nSPS) is 14.6. The van der Waals surface area contributed by atoms with E-state index < -0.39 is 0 Å². The Kier molecular flexibility index (Phi) is 9.75. The maximum Gasteiger partial charge on any atom is 0.295 e. The van der Waals surface area contributed by atoms with Gasteiger partial charge in [0.1, 0.15) is 0 Å². The van der Waals surface area contributed by atoms with Gasteiger partial charge < -0.3 is 9.44 Å². The van der Waals surface area contributed by atoms with Crippen LogP contribution in [0, 0.1) is 0 Å². The van der Waals surface area contributed by atoms with Crippen LogP contribution in [0.15, 0.2) is 137 Å². The van der Waals surface area contributed by atoms with E-state index in [0.717, 1.165) is 38.3 Å². The van der Waals surface area contributed by atoms with Crippen molar-refractivity contribution in [2.75, 3.05) is 0 Å². The van der Waals surface area contributed by atoms with E-state index in [4.69, 9.17) is 0 Å². The maximum atomic E-state index is 4.17. The summed E-state index contributed by atoms with van der Waals surface area (Å²) >= 11 is 0. The summed E-state index contributed by atoms with van der Waals surface area (Å²) < 4.78 is 5.36. The molecule has 3 rings (SSSR count). The van der Waals surface area contributed by atoms with Crippen LogP contribution in [-0.2, 0) is 11.1 Å². The molecule has 0 aromatic heterocycles. The van der Waals surface area contributed by atoms with Gasteiger partial charge in [-0.15, -0.1) is 39.5 Å². The van der Waals surface area contributed by atoms with Crippen molar-refractivity contribution in [1.29, 1.82) is 0 Å². The lowest BCUT2D eigenvalue weighted by atomic mass is 9.35. The van der Waals surface area contributed by atoms with Crippen molar-refractivity contribution < 1.29 is 0 Å². The van der Waals surface area contributed by atoms with Gasteiger partial charge >= 0.3 is 0 Å². The lowest BCUT2D eigenvalue weighted by Crippen LogP contribution is -2.85. The molecule has 0 atom stereocenters. The van der Waals surface area contributed by atoms with Gasteiger partial charge in [-0.05, 0) is 49.5 Å². The lowest BCUT2D eigenvalue weighted by molar-refractivity contribution is 0.154. The van der Waals surface area contributed by atoms with Crippen molar-refractivity contribution in [3.05, 3.63) is 148 Å². The van der Waals surface area contributed by atoms with Crippen LogP contribution >= 0.6 is 0 Å². The quantitative estimate of drug-likeness (QED) is 0.179. The van der Waals surface area contributed by atoms with Gasteiger partial charge in [-0.2, -0.15) is 0 Å². The van der Waals surface area contributed by atoms with Gasteiger partial charge in [-0.3, -0.25) is 0 Å². The molecule has 4 heteroatoms. The first-order valence-corrected chi connectivity index (χ1v) is 12.9. The molecule has 1 saturated heterocycles. The molecule has 1 aliphatic rings. The minimum absolute atomic E-state index is 0.132. The first-order chi connectivity index (χ1) is 17.6. The molecule has 0 saturated carbocycles. The Morgan fingerprint density at radius 1 is 0.500 bits per heavy atom. The van der Waals surface area contributed by atoms with Crippen LogP contribution in [0.4, 0.5) is 0 Å². The summed E-state index contributed by atoms with van der Waals surface area (Å²) in [7, 11) is 0. The standard InChI is InChI=1S/C32H40B2N2/c1-7-23-31(24-8-2,29-19-15-13-16-20-29)35-33(27-11-5)36(34(35)28-12-6)32(25-9-3,26-10-4)30-21-17-14-18-22-30/h7-22H,1-6,23-28H2. The lowest BCUT2D eigenvalue weighted by Gasteiger charge is -2.68. The van der Waals surface area contributed by atoms with Gasteiger partial charge in [0.15, 0.2) is 0 Å². The van der Waals surface area contributed by atoms with Crippen molar-refractivity contribution in [1.82, 2.24) is 9.44 Å². The second-order valence-corrected chi connectivity index (χ2v) is 9.59. The number of nitrogens with zero attached hydrogens (tertiary/aromatic N) is 2. The molecule has 1 aliphatic heterocycles. The summed E-state index contributed by atoms with van der Waals surface area (Å²) in [4.78, 5) is 0. The van der Waals surface area contributed by atoms with Gasteiger partial charge in [-0.1, -0.05) is 97.1 Å². The molecule has 0 spiro atoms. The molecule has 1 fully saturated rings. The van der Waals surface area contributed by atoms with Crippen LogP contribution in [0.5, 0.6) is 0 Å². The van der Waals surface area contributed by atoms with Crippen LogP contribution in [-0.4, -0.2) is 23.4 Å². The molecule has 0 unspecified atom stereocenters. The highest BCUT2D eigenvalue weighted by atomic mass is 15.4. The van der Waals surface area contributed by atoms with Crippen LogP contribution in [0.2, 0.25) is 12.6 Å². The Labute approximate surface area is 220 Å². The molecule has 0 bridgehead atoms. The number of benzene rings is 2. The molecule has 2 aromatic rings. The molecule has 36 heavy (non-hydrogen) atoms. The number of allylic oxidation sites excluding steroid dienone is 2. The number of rotatable bonds is 16. The second-order valence-electron chi connectivity index (χ2n) is 9.59. The van der Waals surface area contributed by atoms with Crippen LogP contribution < -0.4 is 0 Å². The summed E-state index contributed by atoms with van der Waals surface area (Å²) in [6.45, 7) is 25.3. The van der Waals surface area contributed by atoms with Crippen molar-refractivity contribution >= 4 is 14.0 Å². The van der Waals surface area contributed by atoms with Crippen molar-refractivity contribution in [3.8, 4) is 0 Å². The highest BCUT2D eigenvalue weighted by Gasteiger charge is 2.63. The first kappa shape index (κ1) is 27.5. The third-order valence-electron chi connectivity index (χ3n) is 7.58. The number of hydrogen-bond acceptors (Lipinski definition) is 2. The number of hydrogen-bond donors (Lipinski definition) is 0. The highest BCUT2D eigenvalue weighted by Crippen LogP contribution is 2.51. The Balaban J connectivity index is 2.27. The van der Waals surface area contributed by atoms with Crippen LogP contribution in [0.25, 0.3) is 0 Å². The molecular weight excluding hydrogens is 434 g/mol. The van der Waals surface area contributed by atoms with Crippen molar-refractivity contribution in [2.24, 2.45) is 0 Å². The average Bonchev–Trinajstić information content (AvgIpc) is 2.89. The Morgan fingerprint density at radius 2 is 0.806 bits per heavy atom. The van der Waals surface area contributed by atoms with Gasteiger partial charge in [0.25, 0.3) is 14.0 Å². The van der Waals surface area contributed by atoms with Gasteiger partial charge in [0, 0.05) is 11.1 Å². The Morgan fingerprint density at radius 3 is 1.06 bits per heavy atom. The van der Waals surface area contributed by atoms with E-state index in [1.807, 2.05) is 36.5 Å². The predicted octanol–water partition coefficient (Wildman–Crippen LogP) is 8.05. The maximum absolute atomic E-state index is 4.17. The van der Waals surface area contributed by atoms with Crippen LogP contribution in [0.3, 0.4) is 0 Å². The van der Waals surface area contributed by atoms with E-state index >= 15 is 0 Å². The zero-order chi connectivity index (χ0) is 26.0.